The van der Waals surface area contributed by atoms with Gasteiger partial charge in [0.15, 0.2) is 0 Å². The van der Waals surface area contributed by atoms with Gasteiger partial charge in [-0.3, -0.25) is 4.79 Å². The van der Waals surface area contributed by atoms with Gasteiger partial charge in [0, 0.05) is 6.54 Å². The van der Waals surface area contributed by atoms with E-state index >= 15 is 0 Å². The van der Waals surface area contributed by atoms with Gasteiger partial charge in [-0.15, -0.1) is 0 Å². The average molecular weight is 182 g/mol. The lowest BCUT2D eigenvalue weighted by molar-refractivity contribution is 0.0951. The van der Waals surface area contributed by atoms with E-state index in [1.54, 1.807) is 13.8 Å². The number of nitrogens with zero attached hydrogens (tertiary/aromatic N) is 1. The highest BCUT2D eigenvalue weighted by molar-refractivity contribution is 5.95. The van der Waals surface area contributed by atoms with Crippen LogP contribution in [-0.2, 0) is 0 Å². The van der Waals surface area contributed by atoms with Crippen LogP contribution in [-0.4, -0.2) is 17.6 Å². The Balaban J connectivity index is 2.76. The molecule has 1 N–H and O–H groups in total. The highest BCUT2D eigenvalue weighted by Crippen LogP contribution is 2.11. The lowest BCUT2D eigenvalue weighted by Gasteiger charge is -2.01. The predicted molar refractivity (Wildman–Crippen MR) is 48.6 cm³/mol. The summed E-state index contributed by atoms with van der Waals surface area (Å²) in [5.74, 6) is 0.476. The lowest BCUT2D eigenvalue weighted by atomic mass is 10.2. The third-order valence-electron chi connectivity index (χ3n) is 1.80. The Kier molecular flexibility index (Phi) is 3.06. The van der Waals surface area contributed by atoms with Crippen LogP contribution in [0.2, 0.25) is 0 Å². The van der Waals surface area contributed by atoms with E-state index in [2.05, 4.69) is 10.5 Å². The molecule has 4 nitrogen and oxygen atoms in total. The van der Waals surface area contributed by atoms with Crippen LogP contribution in [0.4, 0.5) is 0 Å². The van der Waals surface area contributed by atoms with Gasteiger partial charge in [0.25, 0.3) is 5.91 Å². The van der Waals surface area contributed by atoms with E-state index in [-0.39, 0.29) is 5.91 Å². The van der Waals surface area contributed by atoms with Crippen LogP contribution in [0.15, 0.2) is 4.52 Å². The van der Waals surface area contributed by atoms with Crippen molar-refractivity contribution in [3.05, 3.63) is 17.0 Å². The van der Waals surface area contributed by atoms with E-state index in [9.17, 15) is 4.79 Å². The summed E-state index contributed by atoms with van der Waals surface area (Å²) < 4.78 is 4.89. The fraction of sp³-hybridized carbons (Fsp3) is 0.556. The number of amides is 1. The summed E-state index contributed by atoms with van der Waals surface area (Å²) in [7, 11) is 0. The van der Waals surface area contributed by atoms with E-state index in [1.165, 1.54) is 0 Å². The zero-order valence-corrected chi connectivity index (χ0v) is 8.18. The maximum atomic E-state index is 11.5. The molecule has 0 aliphatic carbocycles. The van der Waals surface area contributed by atoms with Gasteiger partial charge in [0.1, 0.15) is 11.3 Å². The highest BCUT2D eigenvalue weighted by atomic mass is 16.5. The van der Waals surface area contributed by atoms with Gasteiger partial charge < -0.3 is 9.84 Å². The summed E-state index contributed by atoms with van der Waals surface area (Å²) in [5, 5.41) is 6.49. The molecule has 1 amide bonds. The fourth-order valence-corrected chi connectivity index (χ4v) is 1.13. The number of hydrogen-bond acceptors (Lipinski definition) is 3. The molecule has 0 radical (unpaired) electrons. The van der Waals surface area contributed by atoms with Crippen molar-refractivity contribution in [2.24, 2.45) is 0 Å². The lowest BCUT2D eigenvalue weighted by Crippen LogP contribution is -2.24. The maximum Gasteiger partial charge on any atom is 0.256 e. The second kappa shape index (κ2) is 4.07. The molecule has 0 spiro atoms. The minimum atomic E-state index is -0.0990. The van der Waals surface area contributed by atoms with Crippen molar-refractivity contribution < 1.29 is 9.32 Å². The van der Waals surface area contributed by atoms with Crippen LogP contribution in [0.5, 0.6) is 0 Å². The Hall–Kier alpha value is -1.32. The normalized spacial score (nSPS) is 10.1. The Labute approximate surface area is 77.3 Å². The summed E-state index contributed by atoms with van der Waals surface area (Å²) in [4.78, 5) is 11.5. The summed E-state index contributed by atoms with van der Waals surface area (Å²) in [6.07, 6.45) is 0.926. The van der Waals surface area contributed by atoms with Crippen LogP contribution in [0.25, 0.3) is 0 Å². The van der Waals surface area contributed by atoms with Crippen LogP contribution >= 0.6 is 0 Å². The number of rotatable bonds is 3. The predicted octanol–water partition coefficient (Wildman–Crippen LogP) is 1.43. The van der Waals surface area contributed by atoms with Crippen molar-refractivity contribution in [2.45, 2.75) is 27.2 Å². The van der Waals surface area contributed by atoms with Gasteiger partial charge in [0.2, 0.25) is 0 Å². The third-order valence-corrected chi connectivity index (χ3v) is 1.80. The SMILES string of the molecule is CCCNC(=O)c1c(C)noc1C. The van der Waals surface area contributed by atoms with Gasteiger partial charge in [0.05, 0.1) is 5.69 Å². The van der Waals surface area contributed by atoms with Crippen molar-refractivity contribution in [1.82, 2.24) is 10.5 Å². The summed E-state index contributed by atoms with van der Waals surface area (Å²) >= 11 is 0. The van der Waals surface area contributed by atoms with Crippen molar-refractivity contribution in [1.29, 1.82) is 0 Å². The molecule has 0 aliphatic heterocycles. The number of aryl methyl sites for hydroxylation is 2. The highest BCUT2D eigenvalue weighted by Gasteiger charge is 2.16. The maximum absolute atomic E-state index is 11.5. The molecule has 0 unspecified atom stereocenters. The first-order valence-electron chi connectivity index (χ1n) is 4.38. The first kappa shape index (κ1) is 9.77. The largest absolute Gasteiger partial charge is 0.361 e. The molecule has 0 fully saturated rings. The van der Waals surface area contributed by atoms with E-state index in [0.29, 0.717) is 23.6 Å². The Morgan fingerprint density at radius 2 is 2.23 bits per heavy atom. The number of aromatic nitrogens is 1. The molecule has 1 rings (SSSR count). The molecule has 1 heterocycles. The number of hydrogen-bond donors (Lipinski definition) is 1. The quantitative estimate of drug-likeness (QED) is 0.769. The smallest absolute Gasteiger partial charge is 0.256 e. The van der Waals surface area contributed by atoms with E-state index in [1.807, 2.05) is 6.92 Å². The molecule has 13 heavy (non-hydrogen) atoms. The molecular weight excluding hydrogens is 168 g/mol. The molecule has 0 aromatic carbocycles. The Morgan fingerprint density at radius 3 is 2.69 bits per heavy atom. The minimum absolute atomic E-state index is 0.0990. The molecule has 0 bridgehead atoms. The molecule has 0 aliphatic rings. The average Bonchev–Trinajstić information content (AvgIpc) is 2.42. The monoisotopic (exact) mass is 182 g/mol. The molecule has 1 aromatic heterocycles. The number of carbonyl (C=O) groups is 1. The molecule has 4 heteroatoms. The zero-order chi connectivity index (χ0) is 9.84. The van der Waals surface area contributed by atoms with Crippen molar-refractivity contribution in [3.63, 3.8) is 0 Å². The van der Waals surface area contributed by atoms with Gasteiger partial charge in [-0.2, -0.15) is 0 Å². The zero-order valence-electron chi connectivity index (χ0n) is 8.18. The van der Waals surface area contributed by atoms with Gasteiger partial charge in [-0.05, 0) is 20.3 Å². The van der Waals surface area contributed by atoms with E-state index in [0.717, 1.165) is 6.42 Å². The summed E-state index contributed by atoms with van der Waals surface area (Å²) in [6.45, 7) is 6.19. The molecule has 1 aromatic rings. The third kappa shape index (κ3) is 2.08. The number of carbonyl (C=O) groups excluding carboxylic acids is 1. The molecule has 0 saturated carbocycles. The molecule has 0 atom stereocenters. The summed E-state index contributed by atoms with van der Waals surface area (Å²) in [6, 6.07) is 0. The van der Waals surface area contributed by atoms with E-state index in [4.69, 9.17) is 4.52 Å². The Morgan fingerprint density at radius 1 is 1.54 bits per heavy atom. The Bertz CT molecular complexity index is 285. The van der Waals surface area contributed by atoms with Crippen LogP contribution in [0.1, 0.15) is 35.2 Å². The van der Waals surface area contributed by atoms with Gasteiger partial charge in [-0.25, -0.2) is 0 Å². The molecular formula is C9H14N2O2. The van der Waals surface area contributed by atoms with Crippen LogP contribution in [0.3, 0.4) is 0 Å². The van der Waals surface area contributed by atoms with Crippen molar-refractivity contribution in [3.8, 4) is 0 Å². The summed E-state index contributed by atoms with van der Waals surface area (Å²) in [5.41, 5.74) is 1.21. The van der Waals surface area contributed by atoms with Crippen molar-refractivity contribution in [2.75, 3.05) is 6.54 Å². The minimum Gasteiger partial charge on any atom is -0.361 e. The van der Waals surface area contributed by atoms with E-state index < -0.39 is 0 Å². The number of nitrogens with one attached hydrogen (secondary N) is 1. The second-order valence-electron chi connectivity index (χ2n) is 2.96. The molecule has 72 valence electrons. The standard InChI is InChI=1S/C9H14N2O2/c1-4-5-10-9(12)8-6(2)11-13-7(8)3/h4-5H2,1-3H3,(H,10,12). The van der Waals surface area contributed by atoms with Gasteiger partial charge >= 0.3 is 0 Å². The fourth-order valence-electron chi connectivity index (χ4n) is 1.13. The first-order valence-corrected chi connectivity index (χ1v) is 4.38. The topological polar surface area (TPSA) is 55.1 Å². The van der Waals surface area contributed by atoms with Crippen molar-refractivity contribution >= 4 is 5.91 Å². The molecule has 0 saturated heterocycles. The van der Waals surface area contributed by atoms with Crippen LogP contribution < -0.4 is 5.32 Å². The second-order valence-corrected chi connectivity index (χ2v) is 2.96. The van der Waals surface area contributed by atoms with Crippen LogP contribution in [0, 0.1) is 13.8 Å². The first-order chi connectivity index (χ1) is 6.16. The van der Waals surface area contributed by atoms with Gasteiger partial charge in [-0.1, -0.05) is 12.1 Å².